The lowest BCUT2D eigenvalue weighted by molar-refractivity contribution is -0.117. The minimum absolute atomic E-state index is 0.149. The van der Waals surface area contributed by atoms with E-state index in [-0.39, 0.29) is 35.7 Å². The van der Waals surface area contributed by atoms with Crippen LogP contribution in [-0.4, -0.2) is 31.6 Å². The number of pyridine rings is 1. The summed E-state index contributed by atoms with van der Waals surface area (Å²) in [4.78, 5) is 17.4. The van der Waals surface area contributed by atoms with Gasteiger partial charge < -0.3 is 4.90 Å². The average Bonchev–Trinajstić information content (AvgIpc) is 2.56. The van der Waals surface area contributed by atoms with Gasteiger partial charge in [-0.3, -0.25) is 4.79 Å². The van der Waals surface area contributed by atoms with Crippen molar-refractivity contribution in [3.8, 4) is 0 Å². The van der Waals surface area contributed by atoms with Crippen LogP contribution in [0, 0.1) is 12.8 Å². The topological polar surface area (TPSA) is 67.3 Å². The molecule has 8 heteroatoms. The Morgan fingerprint density at radius 1 is 1.47 bits per heavy atom. The van der Waals surface area contributed by atoms with E-state index >= 15 is 0 Å². The summed E-state index contributed by atoms with van der Waals surface area (Å²) < 4.78 is 22.1. The number of nitrogens with zero attached hydrogens (tertiary/aromatic N) is 2. The smallest absolute Gasteiger partial charge is 0.232 e. The SMILES string of the molecule is Cc1ccc(N2CC(CS(=O)(=O)Cl)CC2=O)c(Cl)n1. The van der Waals surface area contributed by atoms with Crippen molar-refractivity contribution in [2.24, 2.45) is 5.92 Å². The Bertz CT molecular complexity index is 618. The maximum Gasteiger partial charge on any atom is 0.232 e. The molecule has 104 valence electrons. The van der Waals surface area contributed by atoms with Gasteiger partial charge in [0.1, 0.15) is 0 Å². The molecule has 1 saturated heterocycles. The zero-order chi connectivity index (χ0) is 14.2. The predicted octanol–water partition coefficient (Wildman–Crippen LogP) is 1.96. The van der Waals surface area contributed by atoms with Crippen molar-refractivity contribution in [1.29, 1.82) is 0 Å². The van der Waals surface area contributed by atoms with Crippen LogP contribution in [0.5, 0.6) is 0 Å². The number of aromatic nitrogens is 1. The molecular formula is C11H12Cl2N2O3S. The summed E-state index contributed by atoms with van der Waals surface area (Å²) in [5.41, 5.74) is 1.26. The molecule has 1 aliphatic heterocycles. The molecule has 0 saturated carbocycles. The lowest BCUT2D eigenvalue weighted by Gasteiger charge is -2.17. The van der Waals surface area contributed by atoms with E-state index in [0.29, 0.717) is 5.69 Å². The van der Waals surface area contributed by atoms with Gasteiger partial charge in [-0.1, -0.05) is 11.6 Å². The predicted molar refractivity (Wildman–Crippen MR) is 74.1 cm³/mol. The summed E-state index contributed by atoms with van der Waals surface area (Å²) in [5.74, 6) is -0.696. The average molecular weight is 323 g/mol. The fraction of sp³-hybridized carbons (Fsp3) is 0.455. The summed E-state index contributed by atoms with van der Waals surface area (Å²) >= 11 is 6.01. The Morgan fingerprint density at radius 3 is 2.74 bits per heavy atom. The molecule has 1 fully saturated rings. The zero-order valence-corrected chi connectivity index (χ0v) is 12.5. The van der Waals surface area contributed by atoms with Crippen LogP contribution in [0.3, 0.4) is 0 Å². The number of rotatable bonds is 3. The molecule has 1 aromatic rings. The molecule has 0 radical (unpaired) electrons. The molecule has 2 rings (SSSR count). The van der Waals surface area contributed by atoms with Gasteiger partial charge in [-0.15, -0.1) is 0 Å². The molecule has 1 aliphatic rings. The fourth-order valence-electron chi connectivity index (χ4n) is 2.13. The van der Waals surface area contributed by atoms with Crippen LogP contribution in [0.1, 0.15) is 12.1 Å². The summed E-state index contributed by atoms with van der Waals surface area (Å²) in [7, 11) is 1.60. The molecule has 0 bridgehead atoms. The normalized spacial score (nSPS) is 20.1. The first kappa shape index (κ1) is 14.6. The van der Waals surface area contributed by atoms with E-state index in [1.165, 1.54) is 4.90 Å². The molecule has 1 amide bonds. The number of amides is 1. The van der Waals surface area contributed by atoms with Gasteiger partial charge in [0.2, 0.25) is 15.0 Å². The quantitative estimate of drug-likeness (QED) is 0.630. The highest BCUT2D eigenvalue weighted by atomic mass is 35.7. The molecule has 5 nitrogen and oxygen atoms in total. The van der Waals surface area contributed by atoms with Crippen LogP contribution in [-0.2, 0) is 13.8 Å². The first-order valence-electron chi connectivity index (χ1n) is 5.62. The first-order valence-corrected chi connectivity index (χ1v) is 8.48. The Kier molecular flexibility index (Phi) is 4.03. The molecule has 19 heavy (non-hydrogen) atoms. The molecule has 0 aliphatic carbocycles. The number of anilines is 1. The van der Waals surface area contributed by atoms with Gasteiger partial charge in [0.25, 0.3) is 0 Å². The fourth-order valence-corrected chi connectivity index (χ4v) is 3.75. The van der Waals surface area contributed by atoms with Crippen molar-refractivity contribution in [2.45, 2.75) is 13.3 Å². The highest BCUT2D eigenvalue weighted by Crippen LogP contribution is 2.31. The van der Waals surface area contributed by atoms with Crippen molar-refractivity contribution in [2.75, 3.05) is 17.2 Å². The van der Waals surface area contributed by atoms with Crippen molar-refractivity contribution >= 4 is 42.9 Å². The number of hydrogen-bond donors (Lipinski definition) is 0. The van der Waals surface area contributed by atoms with E-state index in [1.54, 1.807) is 19.1 Å². The number of aryl methyl sites for hydroxylation is 1. The number of carbonyl (C=O) groups is 1. The minimum Gasteiger partial charge on any atom is -0.309 e. The van der Waals surface area contributed by atoms with Crippen LogP contribution >= 0.6 is 22.3 Å². The van der Waals surface area contributed by atoms with Gasteiger partial charge in [-0.25, -0.2) is 13.4 Å². The largest absolute Gasteiger partial charge is 0.309 e. The lowest BCUT2D eigenvalue weighted by atomic mass is 10.1. The molecule has 2 heterocycles. The highest BCUT2D eigenvalue weighted by Gasteiger charge is 2.34. The van der Waals surface area contributed by atoms with E-state index in [2.05, 4.69) is 4.98 Å². The first-order chi connectivity index (χ1) is 8.76. The Hall–Kier alpha value is -0.850. The Balaban J connectivity index is 2.20. The van der Waals surface area contributed by atoms with Crippen LogP contribution < -0.4 is 4.90 Å². The van der Waals surface area contributed by atoms with Crippen LogP contribution in [0.2, 0.25) is 5.15 Å². The maximum atomic E-state index is 11.9. The van der Waals surface area contributed by atoms with Crippen molar-refractivity contribution in [3.05, 3.63) is 23.0 Å². The summed E-state index contributed by atoms with van der Waals surface area (Å²) in [5, 5.41) is 0.239. The third kappa shape index (κ3) is 3.58. The van der Waals surface area contributed by atoms with E-state index in [9.17, 15) is 13.2 Å². The second-order valence-corrected chi connectivity index (χ2v) is 7.72. The van der Waals surface area contributed by atoms with Crippen LogP contribution in [0.25, 0.3) is 0 Å². The maximum absolute atomic E-state index is 11.9. The molecular weight excluding hydrogens is 311 g/mol. The summed E-state index contributed by atoms with van der Waals surface area (Å²) in [6, 6.07) is 3.46. The van der Waals surface area contributed by atoms with Gasteiger partial charge in [-0.05, 0) is 19.1 Å². The highest BCUT2D eigenvalue weighted by molar-refractivity contribution is 8.13. The van der Waals surface area contributed by atoms with Crippen molar-refractivity contribution in [1.82, 2.24) is 4.98 Å². The second kappa shape index (κ2) is 5.26. The van der Waals surface area contributed by atoms with Crippen LogP contribution in [0.4, 0.5) is 5.69 Å². The van der Waals surface area contributed by atoms with Crippen molar-refractivity contribution in [3.63, 3.8) is 0 Å². The summed E-state index contributed by atoms with van der Waals surface area (Å²) in [6.07, 6.45) is 0.149. The van der Waals surface area contributed by atoms with E-state index < -0.39 is 9.05 Å². The van der Waals surface area contributed by atoms with Gasteiger partial charge >= 0.3 is 0 Å². The monoisotopic (exact) mass is 322 g/mol. The molecule has 1 aromatic heterocycles. The van der Waals surface area contributed by atoms with E-state index in [1.807, 2.05) is 0 Å². The number of hydrogen-bond acceptors (Lipinski definition) is 4. The third-order valence-corrected chi connectivity index (χ3v) is 4.42. The minimum atomic E-state index is -3.61. The van der Waals surface area contributed by atoms with Gasteiger partial charge in [0.15, 0.2) is 5.15 Å². The molecule has 0 N–H and O–H groups in total. The Morgan fingerprint density at radius 2 is 2.16 bits per heavy atom. The molecule has 0 spiro atoms. The van der Waals surface area contributed by atoms with Gasteiger partial charge in [0.05, 0.1) is 11.4 Å². The zero-order valence-electron chi connectivity index (χ0n) is 10.1. The van der Waals surface area contributed by atoms with E-state index in [4.69, 9.17) is 22.3 Å². The second-order valence-electron chi connectivity index (χ2n) is 4.54. The summed E-state index contributed by atoms with van der Waals surface area (Å²) in [6.45, 7) is 2.08. The van der Waals surface area contributed by atoms with Crippen molar-refractivity contribution < 1.29 is 13.2 Å². The third-order valence-electron chi connectivity index (χ3n) is 2.90. The Labute approximate surface area is 120 Å². The standard InChI is InChI=1S/C11H12Cl2N2O3S/c1-7-2-3-9(11(12)14-7)15-5-8(4-10(15)16)6-19(13,17)18/h2-3,8H,4-6H2,1H3. The molecule has 1 unspecified atom stereocenters. The van der Waals surface area contributed by atoms with Crippen LogP contribution in [0.15, 0.2) is 12.1 Å². The number of halogens is 2. The van der Waals surface area contributed by atoms with Gasteiger partial charge in [0, 0.05) is 35.3 Å². The van der Waals surface area contributed by atoms with Gasteiger partial charge in [-0.2, -0.15) is 0 Å². The number of carbonyl (C=O) groups excluding carboxylic acids is 1. The lowest BCUT2D eigenvalue weighted by Crippen LogP contribution is -2.25. The molecule has 0 aromatic carbocycles. The molecule has 1 atom stereocenters. The van der Waals surface area contributed by atoms with E-state index in [0.717, 1.165) is 5.69 Å².